The molecule has 0 saturated carbocycles. The molecule has 3 N–H and O–H groups in total. The Bertz CT molecular complexity index is 2450. The molecule has 6 rings (SSSR count). The van der Waals surface area contributed by atoms with Crippen LogP contribution in [-0.2, 0) is 46.9 Å². The van der Waals surface area contributed by atoms with Crippen molar-refractivity contribution in [2.24, 2.45) is 7.05 Å². The summed E-state index contributed by atoms with van der Waals surface area (Å²) < 4.78 is 73.6. The zero-order valence-electron chi connectivity index (χ0n) is 29.2. The summed E-state index contributed by atoms with van der Waals surface area (Å²) in [4.78, 5) is 18.6. The highest BCUT2D eigenvalue weighted by molar-refractivity contribution is 7.92. The number of pyridine rings is 1. The van der Waals surface area contributed by atoms with E-state index < -0.39 is 51.4 Å². The highest BCUT2D eigenvalue weighted by atomic mass is 35.5. The number of aromatic nitrogens is 5. The van der Waals surface area contributed by atoms with Crippen molar-refractivity contribution >= 4 is 55.9 Å². The van der Waals surface area contributed by atoms with Gasteiger partial charge in [0.25, 0.3) is 0 Å². The molecule has 2 atom stereocenters. The highest BCUT2D eigenvalue weighted by Gasteiger charge is 2.40. The third-order valence-corrected chi connectivity index (χ3v) is 9.87. The first kappa shape index (κ1) is 38.1. The molecule has 17 heteroatoms. The van der Waals surface area contributed by atoms with Crippen molar-refractivity contribution in [3.63, 3.8) is 0 Å². The minimum Gasteiger partial charge on any atom is -0.378 e. The molecule has 0 radical (unpaired) electrons. The van der Waals surface area contributed by atoms with E-state index in [1.165, 1.54) is 30.1 Å². The molecular weight excluding hydrogens is 754 g/mol. The quantitative estimate of drug-likeness (QED) is 0.152. The van der Waals surface area contributed by atoms with Crippen molar-refractivity contribution in [1.82, 2.24) is 29.9 Å². The molecule has 5 aromatic rings. The number of halogens is 5. The minimum absolute atomic E-state index is 0.0218. The molecule has 0 aliphatic heterocycles. The molecule has 3 aromatic heterocycles. The van der Waals surface area contributed by atoms with Gasteiger partial charge >= 0.3 is 0 Å². The number of alkyl halides is 1. The van der Waals surface area contributed by atoms with Gasteiger partial charge in [-0.2, -0.15) is 10.2 Å². The number of nitrogens with zero attached hydrogens (tertiary/aromatic N) is 5. The number of hydrogen-bond donors (Lipinski definition) is 3. The average molecular weight is 789 g/mol. The predicted octanol–water partition coefficient (Wildman–Crippen LogP) is 6.14. The van der Waals surface area contributed by atoms with Crippen LogP contribution in [0, 0.1) is 23.5 Å². The van der Waals surface area contributed by atoms with E-state index in [2.05, 4.69) is 32.1 Å². The molecule has 11 nitrogen and oxygen atoms in total. The van der Waals surface area contributed by atoms with Crippen LogP contribution in [-0.4, -0.2) is 55.8 Å². The Morgan fingerprint density at radius 1 is 1.11 bits per heavy atom. The zero-order chi connectivity index (χ0) is 38.6. The van der Waals surface area contributed by atoms with Crippen LogP contribution < -0.4 is 10.0 Å². The number of rotatable bonds is 9. The maximum atomic E-state index is 15.1. The lowest BCUT2D eigenvalue weighted by atomic mass is 9.93. The second-order valence-corrected chi connectivity index (χ2v) is 16.2. The monoisotopic (exact) mass is 787 g/mol. The number of carbonyl (C=O) groups excluding carboxylic acids is 1. The van der Waals surface area contributed by atoms with Crippen molar-refractivity contribution in [2.45, 2.75) is 63.9 Å². The Morgan fingerprint density at radius 2 is 1.79 bits per heavy atom. The molecule has 0 spiro atoms. The fourth-order valence-electron chi connectivity index (χ4n) is 6.36. The van der Waals surface area contributed by atoms with Crippen LogP contribution in [0.3, 0.4) is 0 Å². The van der Waals surface area contributed by atoms with Crippen molar-refractivity contribution in [3.8, 4) is 23.0 Å². The van der Waals surface area contributed by atoms with Gasteiger partial charge in [0.2, 0.25) is 15.9 Å². The molecular formula is C36H34Cl2F3N7O4S. The lowest BCUT2D eigenvalue weighted by molar-refractivity contribution is -0.122. The second kappa shape index (κ2) is 14.0. The smallest absolute Gasteiger partial charge is 0.242 e. The van der Waals surface area contributed by atoms with Gasteiger partial charge in [-0.15, -0.1) is 0 Å². The molecule has 3 heterocycles. The van der Waals surface area contributed by atoms with E-state index in [4.69, 9.17) is 28.2 Å². The van der Waals surface area contributed by atoms with Gasteiger partial charge in [0.15, 0.2) is 11.5 Å². The fourth-order valence-corrected chi connectivity index (χ4v) is 7.37. The zero-order valence-corrected chi connectivity index (χ0v) is 31.5. The van der Waals surface area contributed by atoms with Gasteiger partial charge in [0.1, 0.15) is 40.3 Å². The molecule has 0 fully saturated rings. The predicted molar refractivity (Wildman–Crippen MR) is 196 cm³/mol. The third-order valence-electron chi connectivity index (χ3n) is 8.57. The fraction of sp³-hybridized carbons (Fsp3) is 0.333. The van der Waals surface area contributed by atoms with Crippen LogP contribution in [0.5, 0.6) is 0 Å². The molecule has 2 aromatic carbocycles. The van der Waals surface area contributed by atoms with E-state index in [1.807, 2.05) is 0 Å². The first-order valence-electron chi connectivity index (χ1n) is 16.3. The molecule has 278 valence electrons. The van der Waals surface area contributed by atoms with Gasteiger partial charge in [0.05, 0.1) is 33.9 Å². The van der Waals surface area contributed by atoms with Crippen LogP contribution in [0.25, 0.3) is 22.0 Å². The van der Waals surface area contributed by atoms with E-state index in [1.54, 1.807) is 31.3 Å². The normalized spacial score (nSPS) is 16.3. The summed E-state index contributed by atoms with van der Waals surface area (Å²) in [6, 6.07) is 8.35. The second-order valence-electron chi connectivity index (χ2n) is 13.7. The number of fused-ring (bicyclic) bond motifs is 2. The summed E-state index contributed by atoms with van der Waals surface area (Å²) in [6.07, 6.45) is 1.37. The Morgan fingerprint density at radius 3 is 2.43 bits per heavy atom. The first-order chi connectivity index (χ1) is 24.7. The van der Waals surface area contributed by atoms with Crippen molar-refractivity contribution in [1.29, 1.82) is 0 Å². The third kappa shape index (κ3) is 8.31. The summed E-state index contributed by atoms with van der Waals surface area (Å²) in [5.41, 5.74) is -0.576. The number of amides is 1. The van der Waals surface area contributed by atoms with E-state index >= 15 is 4.39 Å². The number of nitrogens with one attached hydrogen (secondary N) is 2. The lowest BCUT2D eigenvalue weighted by Gasteiger charge is -2.23. The largest absolute Gasteiger partial charge is 0.378 e. The number of aryl methyl sites for hydroxylation is 1. The number of aliphatic hydroxyl groups is 1. The molecule has 0 bridgehead atoms. The molecule has 0 saturated heterocycles. The van der Waals surface area contributed by atoms with Crippen molar-refractivity contribution < 1.29 is 31.5 Å². The topological polar surface area (TPSA) is 144 Å². The van der Waals surface area contributed by atoms with Crippen LogP contribution in [0.2, 0.25) is 10.2 Å². The van der Waals surface area contributed by atoms with Gasteiger partial charge < -0.3 is 10.4 Å². The van der Waals surface area contributed by atoms with Crippen LogP contribution in [0.1, 0.15) is 61.4 Å². The maximum Gasteiger partial charge on any atom is 0.242 e. The van der Waals surface area contributed by atoms with Gasteiger partial charge in [-0.3, -0.25) is 14.2 Å². The Labute approximate surface area is 313 Å². The Hall–Kier alpha value is -4.62. The molecule has 1 aliphatic rings. The minimum atomic E-state index is -3.76. The van der Waals surface area contributed by atoms with Gasteiger partial charge in [-0.25, -0.2) is 31.3 Å². The van der Waals surface area contributed by atoms with E-state index in [-0.39, 0.29) is 56.9 Å². The summed E-state index contributed by atoms with van der Waals surface area (Å²) in [5, 5.41) is 22.5. The van der Waals surface area contributed by atoms with Crippen LogP contribution in [0.15, 0.2) is 42.5 Å². The molecule has 1 amide bonds. The molecule has 53 heavy (non-hydrogen) atoms. The Balaban J connectivity index is 1.52. The summed E-state index contributed by atoms with van der Waals surface area (Å²) in [5.74, 6) is 3.22. The number of benzene rings is 2. The van der Waals surface area contributed by atoms with Gasteiger partial charge in [-0.05, 0) is 81.8 Å². The van der Waals surface area contributed by atoms with Crippen molar-refractivity contribution in [2.75, 3.05) is 11.0 Å². The van der Waals surface area contributed by atoms with Crippen molar-refractivity contribution in [3.05, 3.63) is 92.5 Å². The molecule has 1 aliphatic carbocycles. The van der Waals surface area contributed by atoms with Gasteiger partial charge in [0, 0.05) is 29.8 Å². The summed E-state index contributed by atoms with van der Waals surface area (Å²) in [6.45, 7) is 3.97. The summed E-state index contributed by atoms with van der Waals surface area (Å²) >= 11 is 13.1. The van der Waals surface area contributed by atoms with Gasteiger partial charge in [-0.1, -0.05) is 35.2 Å². The number of anilines is 1. The van der Waals surface area contributed by atoms with Crippen LogP contribution in [0.4, 0.5) is 19.0 Å². The van der Waals surface area contributed by atoms with E-state index in [0.29, 0.717) is 28.6 Å². The van der Waals surface area contributed by atoms with E-state index in [0.717, 1.165) is 24.5 Å². The number of sulfonamides is 1. The summed E-state index contributed by atoms with van der Waals surface area (Å²) in [7, 11) is -2.17. The van der Waals surface area contributed by atoms with Crippen LogP contribution >= 0.6 is 23.2 Å². The SMILES string of the molecule is Cn1nc(NS(C)(=O)=O)c2c(Cl)ccc(-c3ccc(C#CC(C)(C)O)nc3C(Cc3cc(F)cc(F)c3)NC(=O)Cn3nc4c(c3Cl)CCC4(C)F)c21. The first-order valence-corrected chi connectivity index (χ1v) is 18.9. The lowest BCUT2D eigenvalue weighted by Crippen LogP contribution is -2.34. The average Bonchev–Trinajstić information content (AvgIpc) is 3.64. The number of carbonyl (C=O) groups is 1. The Kier molecular flexibility index (Phi) is 10.1. The maximum absolute atomic E-state index is 15.1. The van der Waals surface area contributed by atoms with E-state index in [9.17, 15) is 27.1 Å². The number of hydrogen-bond acceptors (Lipinski definition) is 7. The highest BCUT2D eigenvalue weighted by Crippen LogP contribution is 2.43. The standard InChI is InChI=1S/C36H34Cl2F3N7O4S/c1-35(2,50)12-10-22-6-7-23(24-8-9-26(37)29-31(24)47(4)45-34(29)46-53(5,51)52)30(42-22)27(16-19-14-20(39)17-21(40)15-19)43-28(49)18-48-33(38)25-11-13-36(3,41)32(25)44-48/h6-9,14-15,17,27,50H,11,13,16,18H2,1-5H3,(H,43,49)(H,45,46). The molecule has 2 unspecified atom stereocenters.